The van der Waals surface area contributed by atoms with Gasteiger partial charge in [-0.25, -0.2) is 4.98 Å². The van der Waals surface area contributed by atoms with Crippen LogP contribution in [0.5, 0.6) is 0 Å². The molecule has 0 bridgehead atoms. The quantitative estimate of drug-likeness (QED) is 0.943. The zero-order chi connectivity index (χ0) is 15.7. The molecular formula is C15H18F3N3O. The first-order chi connectivity index (χ1) is 10.5. The minimum atomic E-state index is -4.35. The Morgan fingerprint density at radius 3 is 2.86 bits per heavy atom. The number of halogens is 3. The number of imidazole rings is 1. The predicted octanol–water partition coefficient (Wildman–Crippen LogP) is 2.95. The lowest BCUT2D eigenvalue weighted by Gasteiger charge is -2.14. The summed E-state index contributed by atoms with van der Waals surface area (Å²) in [6.07, 6.45) is -2.25. The number of alkyl halides is 3. The van der Waals surface area contributed by atoms with Gasteiger partial charge in [-0.15, -0.1) is 0 Å². The number of fused-ring (bicyclic) bond motifs is 1. The Morgan fingerprint density at radius 2 is 2.23 bits per heavy atom. The van der Waals surface area contributed by atoms with Gasteiger partial charge < -0.3 is 14.6 Å². The van der Waals surface area contributed by atoms with Crippen LogP contribution in [0.15, 0.2) is 18.2 Å². The molecule has 1 N–H and O–H groups in total. The number of aromatic nitrogens is 2. The van der Waals surface area contributed by atoms with Crippen LogP contribution < -0.4 is 5.32 Å². The van der Waals surface area contributed by atoms with E-state index in [0.29, 0.717) is 24.1 Å². The SMILES string of the molecule is CNCc1nc2cc(C(F)(F)F)ccc2n1CC1CCCO1. The molecular weight excluding hydrogens is 295 g/mol. The van der Waals surface area contributed by atoms with Crippen molar-refractivity contribution in [3.8, 4) is 0 Å². The maximum absolute atomic E-state index is 12.8. The number of rotatable bonds is 4. The van der Waals surface area contributed by atoms with Crippen molar-refractivity contribution in [2.45, 2.75) is 38.2 Å². The minimum absolute atomic E-state index is 0.107. The Bertz CT molecular complexity index is 660. The third-order valence-electron chi connectivity index (χ3n) is 3.90. The molecule has 0 saturated carbocycles. The molecule has 4 nitrogen and oxygen atoms in total. The topological polar surface area (TPSA) is 39.1 Å². The van der Waals surface area contributed by atoms with E-state index < -0.39 is 11.7 Å². The molecule has 2 aromatic rings. The number of ether oxygens (including phenoxy) is 1. The van der Waals surface area contributed by atoms with Gasteiger partial charge in [0.1, 0.15) is 5.82 Å². The van der Waals surface area contributed by atoms with E-state index in [-0.39, 0.29) is 6.10 Å². The maximum Gasteiger partial charge on any atom is 0.416 e. The molecule has 0 amide bonds. The zero-order valence-electron chi connectivity index (χ0n) is 12.3. The lowest BCUT2D eigenvalue weighted by Crippen LogP contribution is -2.19. The summed E-state index contributed by atoms with van der Waals surface area (Å²) in [7, 11) is 1.79. The Balaban J connectivity index is 2.01. The van der Waals surface area contributed by atoms with Gasteiger partial charge in [-0.3, -0.25) is 0 Å². The summed E-state index contributed by atoms with van der Waals surface area (Å²) < 4.78 is 46.1. The van der Waals surface area contributed by atoms with E-state index in [1.165, 1.54) is 6.07 Å². The van der Waals surface area contributed by atoms with Gasteiger partial charge in [0.2, 0.25) is 0 Å². The summed E-state index contributed by atoms with van der Waals surface area (Å²) in [5, 5.41) is 3.01. The largest absolute Gasteiger partial charge is 0.416 e. The molecule has 120 valence electrons. The molecule has 1 aromatic carbocycles. The zero-order valence-corrected chi connectivity index (χ0v) is 12.3. The number of nitrogens with one attached hydrogen (secondary N) is 1. The second-order valence-electron chi connectivity index (χ2n) is 5.51. The minimum Gasteiger partial charge on any atom is -0.376 e. The van der Waals surface area contributed by atoms with Crippen LogP contribution in [0.3, 0.4) is 0 Å². The summed E-state index contributed by atoms with van der Waals surface area (Å²) >= 11 is 0. The van der Waals surface area contributed by atoms with Crippen molar-refractivity contribution >= 4 is 11.0 Å². The van der Waals surface area contributed by atoms with Crippen LogP contribution >= 0.6 is 0 Å². The molecule has 1 fully saturated rings. The molecule has 1 aliphatic heterocycles. The molecule has 7 heteroatoms. The molecule has 0 spiro atoms. The molecule has 3 rings (SSSR count). The number of benzene rings is 1. The van der Waals surface area contributed by atoms with Crippen molar-refractivity contribution in [2.75, 3.05) is 13.7 Å². The number of nitrogens with zero attached hydrogens (tertiary/aromatic N) is 2. The standard InChI is InChI=1S/C15H18F3N3O/c1-19-8-14-20-12-7-10(15(16,17)18)4-5-13(12)21(14)9-11-3-2-6-22-11/h4-5,7,11,19H,2-3,6,8-9H2,1H3. The van der Waals surface area contributed by atoms with Gasteiger partial charge in [0.05, 0.1) is 35.8 Å². The third-order valence-corrected chi connectivity index (χ3v) is 3.90. The number of hydrogen-bond acceptors (Lipinski definition) is 3. The van der Waals surface area contributed by atoms with Crippen molar-refractivity contribution in [3.63, 3.8) is 0 Å². The van der Waals surface area contributed by atoms with E-state index >= 15 is 0 Å². The van der Waals surface area contributed by atoms with Gasteiger partial charge in [-0.2, -0.15) is 13.2 Å². The first kappa shape index (κ1) is 15.3. The first-order valence-corrected chi connectivity index (χ1v) is 7.31. The van der Waals surface area contributed by atoms with Gasteiger partial charge in [0.25, 0.3) is 0 Å². The van der Waals surface area contributed by atoms with Crippen LogP contribution in [0, 0.1) is 0 Å². The Kier molecular flexibility index (Phi) is 4.10. The molecule has 0 radical (unpaired) electrons. The summed E-state index contributed by atoms with van der Waals surface area (Å²) in [6, 6.07) is 3.72. The van der Waals surface area contributed by atoms with Crippen LogP contribution in [-0.4, -0.2) is 29.3 Å². The monoisotopic (exact) mass is 313 g/mol. The summed E-state index contributed by atoms with van der Waals surface area (Å²) in [4.78, 5) is 4.36. The second kappa shape index (κ2) is 5.89. The molecule has 1 atom stereocenters. The van der Waals surface area contributed by atoms with E-state index in [9.17, 15) is 13.2 Å². The van der Waals surface area contributed by atoms with Gasteiger partial charge in [0, 0.05) is 6.61 Å². The Hall–Kier alpha value is -1.60. The molecule has 1 saturated heterocycles. The lowest BCUT2D eigenvalue weighted by atomic mass is 10.2. The molecule has 2 heterocycles. The molecule has 1 aromatic heterocycles. The summed E-state index contributed by atoms with van der Waals surface area (Å²) in [5.74, 6) is 0.729. The van der Waals surface area contributed by atoms with Crippen LogP contribution in [0.25, 0.3) is 11.0 Å². The smallest absolute Gasteiger partial charge is 0.376 e. The maximum atomic E-state index is 12.8. The van der Waals surface area contributed by atoms with Crippen molar-refractivity contribution < 1.29 is 17.9 Å². The van der Waals surface area contributed by atoms with Gasteiger partial charge in [0.15, 0.2) is 0 Å². The van der Waals surface area contributed by atoms with Crippen molar-refractivity contribution in [1.82, 2.24) is 14.9 Å². The van der Waals surface area contributed by atoms with Crippen molar-refractivity contribution in [1.29, 1.82) is 0 Å². The van der Waals surface area contributed by atoms with E-state index in [1.54, 1.807) is 7.05 Å². The molecule has 0 aliphatic carbocycles. The highest BCUT2D eigenvalue weighted by molar-refractivity contribution is 5.77. The normalized spacial score (nSPS) is 19.2. The van der Waals surface area contributed by atoms with E-state index in [1.807, 2.05) is 4.57 Å². The average molecular weight is 313 g/mol. The summed E-state index contributed by atoms with van der Waals surface area (Å²) in [5.41, 5.74) is 0.421. The Morgan fingerprint density at radius 1 is 1.41 bits per heavy atom. The van der Waals surface area contributed by atoms with Crippen molar-refractivity contribution in [3.05, 3.63) is 29.6 Å². The van der Waals surface area contributed by atoms with Gasteiger partial charge >= 0.3 is 6.18 Å². The fraction of sp³-hybridized carbons (Fsp3) is 0.533. The van der Waals surface area contributed by atoms with E-state index in [2.05, 4.69) is 10.3 Å². The van der Waals surface area contributed by atoms with Crippen LogP contribution in [0.2, 0.25) is 0 Å². The predicted molar refractivity (Wildman–Crippen MR) is 76.5 cm³/mol. The van der Waals surface area contributed by atoms with Gasteiger partial charge in [-0.1, -0.05) is 0 Å². The average Bonchev–Trinajstić information content (AvgIpc) is 3.07. The fourth-order valence-corrected chi connectivity index (χ4v) is 2.84. The first-order valence-electron chi connectivity index (χ1n) is 7.31. The highest BCUT2D eigenvalue weighted by Crippen LogP contribution is 2.32. The van der Waals surface area contributed by atoms with E-state index in [4.69, 9.17) is 4.74 Å². The van der Waals surface area contributed by atoms with Crippen molar-refractivity contribution in [2.24, 2.45) is 0 Å². The van der Waals surface area contributed by atoms with Crippen LogP contribution in [0.4, 0.5) is 13.2 Å². The summed E-state index contributed by atoms with van der Waals surface area (Å²) in [6.45, 7) is 1.87. The fourth-order valence-electron chi connectivity index (χ4n) is 2.84. The number of hydrogen-bond donors (Lipinski definition) is 1. The molecule has 1 unspecified atom stereocenters. The second-order valence-corrected chi connectivity index (χ2v) is 5.51. The Labute approximate surface area is 126 Å². The molecule has 22 heavy (non-hydrogen) atoms. The highest BCUT2D eigenvalue weighted by Gasteiger charge is 2.31. The molecule has 1 aliphatic rings. The third kappa shape index (κ3) is 2.96. The van der Waals surface area contributed by atoms with Crippen LogP contribution in [-0.2, 0) is 24.0 Å². The van der Waals surface area contributed by atoms with E-state index in [0.717, 1.165) is 37.4 Å². The van der Waals surface area contributed by atoms with Gasteiger partial charge in [-0.05, 0) is 38.1 Å². The lowest BCUT2D eigenvalue weighted by molar-refractivity contribution is -0.137. The highest BCUT2D eigenvalue weighted by atomic mass is 19.4. The van der Waals surface area contributed by atoms with Crippen LogP contribution in [0.1, 0.15) is 24.2 Å².